The fourth-order valence-electron chi connectivity index (χ4n) is 2.03. The maximum Gasteiger partial charge on any atom is 0.339 e. The van der Waals surface area contributed by atoms with Gasteiger partial charge >= 0.3 is 5.97 Å². The summed E-state index contributed by atoms with van der Waals surface area (Å²) in [7, 11) is -3.07. The lowest BCUT2D eigenvalue weighted by Crippen LogP contribution is -2.11. The number of phenolic OH excluding ortho intramolecular Hbond substituents is 2. The minimum Gasteiger partial charge on any atom is -0.504 e. The molecule has 2 aromatic carbocycles. The highest BCUT2D eigenvalue weighted by molar-refractivity contribution is 7.91. The van der Waals surface area contributed by atoms with Crippen LogP contribution >= 0.6 is 0 Å². The number of carbonyl (C=O) groups excluding carboxylic acids is 1. The van der Waals surface area contributed by atoms with E-state index in [9.17, 15) is 23.4 Å². The Balaban J connectivity index is 2.75. The highest BCUT2D eigenvalue weighted by atomic mass is 32.2. The van der Waals surface area contributed by atoms with E-state index in [2.05, 4.69) is 4.74 Å². The van der Waals surface area contributed by atoms with Gasteiger partial charge in [-0.15, -0.1) is 0 Å². The fourth-order valence-corrected chi connectivity index (χ4v) is 3.67. The molecule has 0 saturated carbocycles. The second kappa shape index (κ2) is 5.69. The SMILES string of the molecule is COC(=O)c1ccccc1S(=O)(=O)c1cc(C)cc(O)c1O. The topological polar surface area (TPSA) is 101 Å². The van der Waals surface area contributed by atoms with Crippen molar-refractivity contribution >= 4 is 15.8 Å². The van der Waals surface area contributed by atoms with E-state index in [1.165, 1.54) is 36.4 Å². The van der Waals surface area contributed by atoms with Crippen LogP contribution in [0.4, 0.5) is 0 Å². The predicted octanol–water partition coefficient (Wildman–Crippen LogP) is 2.03. The molecule has 2 rings (SSSR count). The first-order chi connectivity index (χ1) is 10.3. The first kappa shape index (κ1) is 15.8. The number of ether oxygens (including phenoxy) is 1. The second-order valence-corrected chi connectivity index (χ2v) is 6.51. The van der Waals surface area contributed by atoms with Gasteiger partial charge in [-0.05, 0) is 36.8 Å². The summed E-state index contributed by atoms with van der Waals surface area (Å²) < 4.78 is 30.0. The van der Waals surface area contributed by atoms with Crippen LogP contribution in [-0.2, 0) is 14.6 Å². The smallest absolute Gasteiger partial charge is 0.339 e. The number of phenols is 2. The molecule has 2 aromatic rings. The van der Waals surface area contributed by atoms with Crippen LogP contribution in [0.25, 0.3) is 0 Å². The molecule has 0 heterocycles. The van der Waals surface area contributed by atoms with Gasteiger partial charge in [-0.1, -0.05) is 12.1 Å². The van der Waals surface area contributed by atoms with E-state index < -0.39 is 32.2 Å². The van der Waals surface area contributed by atoms with Gasteiger partial charge in [-0.25, -0.2) is 13.2 Å². The molecule has 0 aliphatic heterocycles. The van der Waals surface area contributed by atoms with Gasteiger partial charge in [0.1, 0.15) is 4.90 Å². The summed E-state index contributed by atoms with van der Waals surface area (Å²) in [6.45, 7) is 1.57. The summed E-state index contributed by atoms with van der Waals surface area (Å²) in [5, 5.41) is 19.5. The molecule has 7 heteroatoms. The van der Waals surface area contributed by atoms with Crippen LogP contribution in [0, 0.1) is 6.92 Å². The molecule has 0 fully saturated rings. The average Bonchev–Trinajstić information content (AvgIpc) is 2.49. The molecule has 22 heavy (non-hydrogen) atoms. The molecular formula is C15H14O6S. The van der Waals surface area contributed by atoms with Gasteiger partial charge in [0.25, 0.3) is 0 Å². The van der Waals surface area contributed by atoms with E-state index >= 15 is 0 Å². The summed E-state index contributed by atoms with van der Waals surface area (Å²) in [5.41, 5.74) is 0.301. The predicted molar refractivity (Wildman–Crippen MR) is 77.7 cm³/mol. The van der Waals surface area contributed by atoms with Crippen molar-refractivity contribution in [2.45, 2.75) is 16.7 Å². The molecule has 0 saturated heterocycles. The van der Waals surface area contributed by atoms with Gasteiger partial charge < -0.3 is 14.9 Å². The van der Waals surface area contributed by atoms with Crippen molar-refractivity contribution in [1.29, 1.82) is 0 Å². The molecule has 0 unspecified atom stereocenters. The number of benzene rings is 2. The van der Waals surface area contributed by atoms with Gasteiger partial charge in [0, 0.05) is 0 Å². The Hall–Kier alpha value is -2.54. The Labute approximate surface area is 127 Å². The molecule has 0 atom stereocenters. The van der Waals surface area contributed by atoms with E-state index in [0.717, 1.165) is 7.11 Å². The second-order valence-electron chi connectivity index (χ2n) is 4.62. The van der Waals surface area contributed by atoms with Crippen LogP contribution in [0.3, 0.4) is 0 Å². The van der Waals surface area contributed by atoms with E-state index in [-0.39, 0.29) is 10.5 Å². The van der Waals surface area contributed by atoms with Gasteiger partial charge in [0.2, 0.25) is 9.84 Å². The average molecular weight is 322 g/mol. The molecule has 0 aromatic heterocycles. The first-order valence-corrected chi connectivity index (χ1v) is 7.72. The zero-order valence-electron chi connectivity index (χ0n) is 11.9. The zero-order chi connectivity index (χ0) is 16.5. The molecule has 0 aliphatic rings. The van der Waals surface area contributed by atoms with Crippen LogP contribution in [0.2, 0.25) is 0 Å². The van der Waals surface area contributed by atoms with E-state index in [4.69, 9.17) is 0 Å². The van der Waals surface area contributed by atoms with E-state index in [1.807, 2.05) is 0 Å². The van der Waals surface area contributed by atoms with Crippen molar-refractivity contribution in [1.82, 2.24) is 0 Å². The molecule has 6 nitrogen and oxygen atoms in total. The molecular weight excluding hydrogens is 308 g/mol. The lowest BCUT2D eigenvalue weighted by atomic mass is 10.2. The third-order valence-corrected chi connectivity index (χ3v) is 4.90. The lowest BCUT2D eigenvalue weighted by molar-refractivity contribution is 0.0596. The summed E-state index contributed by atoms with van der Waals surface area (Å²) in [6.07, 6.45) is 0. The number of hydrogen-bond acceptors (Lipinski definition) is 6. The number of aryl methyl sites for hydroxylation is 1. The van der Waals surface area contributed by atoms with Crippen LogP contribution < -0.4 is 0 Å². The minimum atomic E-state index is -4.21. The number of esters is 1. The molecule has 116 valence electrons. The molecule has 0 spiro atoms. The summed E-state index contributed by atoms with van der Waals surface area (Å²) in [4.78, 5) is 11.0. The van der Waals surface area contributed by atoms with E-state index in [0.29, 0.717) is 5.56 Å². The van der Waals surface area contributed by atoms with Crippen molar-refractivity contribution in [2.75, 3.05) is 7.11 Å². The standard InChI is InChI=1S/C15H14O6S/c1-9-7-11(16)14(17)13(8-9)22(19,20)12-6-4-3-5-10(12)15(18)21-2/h3-8,16-17H,1-2H3. The minimum absolute atomic E-state index is 0.148. The maximum absolute atomic E-state index is 12.7. The molecule has 2 N–H and O–H groups in total. The van der Waals surface area contributed by atoms with Gasteiger partial charge in [-0.3, -0.25) is 0 Å². The number of methoxy groups -OCH3 is 1. The number of hydrogen-bond donors (Lipinski definition) is 2. The van der Waals surface area contributed by atoms with Crippen LogP contribution in [0.15, 0.2) is 46.2 Å². The lowest BCUT2D eigenvalue weighted by Gasteiger charge is -2.12. The molecule has 0 bridgehead atoms. The van der Waals surface area contributed by atoms with Crippen molar-refractivity contribution in [3.8, 4) is 11.5 Å². The molecule has 0 aliphatic carbocycles. The third kappa shape index (κ3) is 2.62. The maximum atomic E-state index is 12.7. The monoisotopic (exact) mass is 322 g/mol. The number of carbonyl (C=O) groups is 1. The molecule has 0 amide bonds. The largest absolute Gasteiger partial charge is 0.504 e. The number of aromatic hydroxyl groups is 2. The quantitative estimate of drug-likeness (QED) is 0.662. The summed E-state index contributed by atoms with van der Waals surface area (Å²) in [5.74, 6) is -2.12. The zero-order valence-corrected chi connectivity index (χ0v) is 12.7. The highest BCUT2D eigenvalue weighted by Crippen LogP contribution is 2.37. The Kier molecular flexibility index (Phi) is 4.09. The van der Waals surface area contributed by atoms with Crippen LogP contribution in [-0.4, -0.2) is 31.7 Å². The number of sulfone groups is 1. The Morgan fingerprint density at radius 3 is 2.36 bits per heavy atom. The van der Waals surface area contributed by atoms with Gasteiger partial charge in [0.15, 0.2) is 11.5 Å². The Morgan fingerprint density at radius 1 is 1.09 bits per heavy atom. The highest BCUT2D eigenvalue weighted by Gasteiger charge is 2.28. The van der Waals surface area contributed by atoms with Crippen LogP contribution in [0.1, 0.15) is 15.9 Å². The van der Waals surface area contributed by atoms with Crippen molar-refractivity contribution in [3.63, 3.8) is 0 Å². The van der Waals surface area contributed by atoms with Crippen molar-refractivity contribution in [2.24, 2.45) is 0 Å². The van der Waals surface area contributed by atoms with Crippen LogP contribution in [0.5, 0.6) is 11.5 Å². The summed E-state index contributed by atoms with van der Waals surface area (Å²) >= 11 is 0. The van der Waals surface area contributed by atoms with E-state index in [1.54, 1.807) is 6.92 Å². The van der Waals surface area contributed by atoms with Gasteiger partial charge in [0.05, 0.1) is 17.6 Å². The first-order valence-electron chi connectivity index (χ1n) is 6.24. The fraction of sp³-hybridized carbons (Fsp3) is 0.133. The summed E-state index contributed by atoms with van der Waals surface area (Å²) in [6, 6.07) is 7.95. The third-order valence-electron chi connectivity index (χ3n) is 3.07. The van der Waals surface area contributed by atoms with Crippen molar-refractivity contribution < 1.29 is 28.2 Å². The van der Waals surface area contributed by atoms with Gasteiger partial charge in [-0.2, -0.15) is 0 Å². The van der Waals surface area contributed by atoms with Crippen molar-refractivity contribution in [3.05, 3.63) is 47.5 Å². The normalized spacial score (nSPS) is 11.2. The molecule has 0 radical (unpaired) electrons. The Morgan fingerprint density at radius 2 is 1.73 bits per heavy atom. The Bertz CT molecular complexity index is 839. The number of rotatable bonds is 3.